The van der Waals surface area contributed by atoms with Crippen molar-refractivity contribution < 1.29 is 9.59 Å². The van der Waals surface area contributed by atoms with Gasteiger partial charge in [0.15, 0.2) is 5.11 Å². The average molecular weight is 391 g/mol. The van der Waals surface area contributed by atoms with Crippen molar-refractivity contribution in [3.8, 4) is 0 Å². The van der Waals surface area contributed by atoms with Gasteiger partial charge in [-0.05, 0) is 53.4 Å². The molecule has 5 nitrogen and oxygen atoms in total. The van der Waals surface area contributed by atoms with Gasteiger partial charge in [-0.2, -0.15) is 0 Å². The fourth-order valence-corrected chi connectivity index (χ4v) is 2.04. The second-order valence-electron chi connectivity index (χ2n) is 3.69. The maximum absolute atomic E-state index is 11.9. The SMILES string of the molecule is CCCC(=O)NNC(=S)NC(=O)c1ccccc1I. The summed E-state index contributed by atoms with van der Waals surface area (Å²) in [5, 5.41) is 2.56. The van der Waals surface area contributed by atoms with E-state index in [4.69, 9.17) is 12.2 Å². The van der Waals surface area contributed by atoms with Crippen LogP contribution in [-0.2, 0) is 4.79 Å². The molecule has 19 heavy (non-hydrogen) atoms. The predicted octanol–water partition coefficient (Wildman–Crippen LogP) is 1.73. The quantitative estimate of drug-likeness (QED) is 0.417. The normalized spacial score (nSPS) is 9.58. The summed E-state index contributed by atoms with van der Waals surface area (Å²) in [6, 6.07) is 7.15. The van der Waals surface area contributed by atoms with Gasteiger partial charge >= 0.3 is 0 Å². The van der Waals surface area contributed by atoms with Crippen molar-refractivity contribution in [2.75, 3.05) is 0 Å². The molecule has 0 aliphatic rings. The number of benzene rings is 1. The van der Waals surface area contributed by atoms with E-state index in [1.54, 1.807) is 12.1 Å². The fourth-order valence-electron chi connectivity index (χ4n) is 1.26. The van der Waals surface area contributed by atoms with E-state index in [9.17, 15) is 9.59 Å². The first-order valence-electron chi connectivity index (χ1n) is 5.69. The van der Waals surface area contributed by atoms with E-state index in [0.29, 0.717) is 12.0 Å². The van der Waals surface area contributed by atoms with Crippen molar-refractivity contribution >= 4 is 51.7 Å². The van der Waals surface area contributed by atoms with Crippen molar-refractivity contribution in [2.24, 2.45) is 0 Å². The van der Waals surface area contributed by atoms with E-state index in [-0.39, 0.29) is 16.9 Å². The molecule has 0 aliphatic heterocycles. The van der Waals surface area contributed by atoms with Gasteiger partial charge in [-0.25, -0.2) is 0 Å². The van der Waals surface area contributed by atoms with Gasteiger partial charge in [0.2, 0.25) is 5.91 Å². The lowest BCUT2D eigenvalue weighted by Crippen LogP contribution is -2.48. The minimum absolute atomic E-state index is 0.0640. The van der Waals surface area contributed by atoms with Crippen LogP contribution in [0, 0.1) is 3.57 Å². The number of carbonyl (C=O) groups is 2. The van der Waals surface area contributed by atoms with Crippen molar-refractivity contribution in [3.05, 3.63) is 33.4 Å². The number of amides is 2. The number of hydrazine groups is 1. The second kappa shape index (κ2) is 8.05. The molecule has 3 N–H and O–H groups in total. The molecule has 0 fully saturated rings. The van der Waals surface area contributed by atoms with Gasteiger partial charge in [-0.3, -0.25) is 25.8 Å². The Bertz CT molecular complexity index is 494. The summed E-state index contributed by atoms with van der Waals surface area (Å²) in [6.07, 6.45) is 1.15. The van der Waals surface area contributed by atoms with Crippen LogP contribution in [0.5, 0.6) is 0 Å². The number of nitrogens with one attached hydrogen (secondary N) is 3. The lowest BCUT2D eigenvalue weighted by atomic mass is 10.2. The Kier molecular flexibility index (Phi) is 6.71. The minimum atomic E-state index is -0.313. The van der Waals surface area contributed by atoms with Crippen LogP contribution < -0.4 is 16.2 Å². The molecule has 1 rings (SSSR count). The first-order chi connectivity index (χ1) is 9.04. The highest BCUT2D eigenvalue weighted by Crippen LogP contribution is 2.10. The van der Waals surface area contributed by atoms with Crippen LogP contribution in [0.25, 0.3) is 0 Å². The van der Waals surface area contributed by atoms with E-state index in [0.717, 1.165) is 9.99 Å². The van der Waals surface area contributed by atoms with Gasteiger partial charge in [-0.1, -0.05) is 19.1 Å². The van der Waals surface area contributed by atoms with Crippen LogP contribution in [0.15, 0.2) is 24.3 Å². The molecule has 7 heteroatoms. The summed E-state index contributed by atoms with van der Waals surface area (Å²) in [5.74, 6) is -0.486. The molecule has 0 atom stereocenters. The average Bonchev–Trinajstić information content (AvgIpc) is 2.37. The lowest BCUT2D eigenvalue weighted by molar-refractivity contribution is -0.121. The van der Waals surface area contributed by atoms with Crippen molar-refractivity contribution in [3.63, 3.8) is 0 Å². The third-order valence-corrected chi connectivity index (χ3v) is 3.28. The van der Waals surface area contributed by atoms with Crippen LogP contribution in [-0.4, -0.2) is 16.9 Å². The molecule has 1 aromatic rings. The molecule has 0 spiro atoms. The molecule has 0 saturated carbocycles. The second-order valence-corrected chi connectivity index (χ2v) is 5.26. The van der Waals surface area contributed by atoms with Crippen molar-refractivity contribution in [1.29, 1.82) is 0 Å². The third kappa shape index (κ3) is 5.52. The van der Waals surface area contributed by atoms with E-state index in [1.807, 2.05) is 19.1 Å². The van der Waals surface area contributed by atoms with Gasteiger partial charge in [0.25, 0.3) is 5.91 Å². The molecule has 2 amide bonds. The summed E-state index contributed by atoms with van der Waals surface area (Å²) in [5.41, 5.74) is 5.43. The zero-order valence-corrected chi connectivity index (χ0v) is 13.3. The minimum Gasteiger partial charge on any atom is -0.298 e. The highest BCUT2D eigenvalue weighted by atomic mass is 127. The van der Waals surface area contributed by atoms with Crippen LogP contribution in [0.1, 0.15) is 30.1 Å². The van der Waals surface area contributed by atoms with Gasteiger partial charge in [0, 0.05) is 9.99 Å². The van der Waals surface area contributed by atoms with Crippen molar-refractivity contribution in [2.45, 2.75) is 19.8 Å². The molecular weight excluding hydrogens is 377 g/mol. The summed E-state index contributed by atoms with van der Waals surface area (Å²) in [7, 11) is 0. The fraction of sp³-hybridized carbons (Fsp3) is 0.250. The van der Waals surface area contributed by atoms with Gasteiger partial charge in [0.1, 0.15) is 0 Å². The first kappa shape index (κ1) is 15.8. The summed E-state index contributed by atoms with van der Waals surface area (Å²) in [4.78, 5) is 23.1. The summed E-state index contributed by atoms with van der Waals surface area (Å²) >= 11 is 6.99. The number of rotatable bonds is 3. The monoisotopic (exact) mass is 391 g/mol. The number of halogens is 1. The van der Waals surface area contributed by atoms with Crippen LogP contribution in [0.2, 0.25) is 0 Å². The topological polar surface area (TPSA) is 70.2 Å². The number of carbonyl (C=O) groups excluding carboxylic acids is 2. The maximum atomic E-state index is 11.9. The number of hydrogen-bond acceptors (Lipinski definition) is 3. The number of thiocarbonyl (C=S) groups is 1. The molecule has 0 aromatic heterocycles. The molecule has 0 unspecified atom stereocenters. The lowest BCUT2D eigenvalue weighted by Gasteiger charge is -2.11. The molecular formula is C12H14IN3O2S. The third-order valence-electron chi connectivity index (χ3n) is 2.14. The largest absolute Gasteiger partial charge is 0.298 e. The Hall–Kier alpha value is -1.22. The highest BCUT2D eigenvalue weighted by molar-refractivity contribution is 14.1. The molecule has 0 aliphatic carbocycles. The zero-order valence-electron chi connectivity index (χ0n) is 10.3. The summed E-state index contributed by atoms with van der Waals surface area (Å²) in [6.45, 7) is 1.90. The van der Waals surface area contributed by atoms with Crippen LogP contribution >= 0.6 is 34.8 Å². The Morgan fingerprint density at radius 3 is 2.58 bits per heavy atom. The standard InChI is InChI=1S/C12H14IN3O2S/c1-2-5-10(17)15-16-12(19)14-11(18)8-6-3-4-7-9(8)13/h3-4,6-7H,2,5H2,1H3,(H,15,17)(H2,14,16,18,19). The van der Waals surface area contributed by atoms with Crippen molar-refractivity contribution in [1.82, 2.24) is 16.2 Å². The first-order valence-corrected chi connectivity index (χ1v) is 7.18. The van der Waals surface area contributed by atoms with E-state index < -0.39 is 0 Å². The Balaban J connectivity index is 2.47. The zero-order chi connectivity index (χ0) is 14.3. The summed E-state index contributed by atoms with van der Waals surface area (Å²) < 4.78 is 0.829. The van der Waals surface area contributed by atoms with E-state index in [1.165, 1.54) is 0 Å². The van der Waals surface area contributed by atoms with Crippen LogP contribution in [0.4, 0.5) is 0 Å². The highest BCUT2D eigenvalue weighted by Gasteiger charge is 2.10. The molecule has 102 valence electrons. The van der Waals surface area contributed by atoms with Crippen LogP contribution in [0.3, 0.4) is 0 Å². The Labute approximate surface area is 130 Å². The van der Waals surface area contributed by atoms with Gasteiger partial charge in [-0.15, -0.1) is 0 Å². The molecule has 0 heterocycles. The van der Waals surface area contributed by atoms with E-state index >= 15 is 0 Å². The predicted molar refractivity (Wildman–Crippen MR) is 85.4 cm³/mol. The van der Waals surface area contributed by atoms with E-state index in [2.05, 4.69) is 38.8 Å². The number of hydrogen-bond donors (Lipinski definition) is 3. The van der Waals surface area contributed by atoms with Gasteiger partial charge < -0.3 is 0 Å². The molecule has 1 aromatic carbocycles. The molecule has 0 bridgehead atoms. The Morgan fingerprint density at radius 1 is 1.26 bits per heavy atom. The van der Waals surface area contributed by atoms with Gasteiger partial charge in [0.05, 0.1) is 5.56 Å². The molecule has 0 saturated heterocycles. The smallest absolute Gasteiger partial charge is 0.258 e. The maximum Gasteiger partial charge on any atom is 0.258 e. The Morgan fingerprint density at radius 2 is 1.95 bits per heavy atom. The molecule has 0 radical (unpaired) electrons.